The fourth-order valence-corrected chi connectivity index (χ4v) is 5.21. The largest absolute Gasteiger partial charge is 0.352 e. The molecule has 126 valence electrons. The van der Waals surface area contributed by atoms with Crippen molar-refractivity contribution < 1.29 is 0 Å². The number of aliphatic imine (C=N–C) groups is 1. The molecule has 0 radical (unpaired) electrons. The highest BCUT2D eigenvalue weighted by molar-refractivity contribution is 8.14. The van der Waals surface area contributed by atoms with Crippen molar-refractivity contribution in [2.45, 2.75) is 45.3 Å². The molecule has 5 heteroatoms. The molecule has 2 aromatic rings. The number of aromatic nitrogens is 2. The van der Waals surface area contributed by atoms with E-state index in [1.807, 2.05) is 24.0 Å². The maximum absolute atomic E-state index is 5.09. The minimum atomic E-state index is 0.0866. The maximum Gasteiger partial charge on any atom is 0.160 e. The van der Waals surface area contributed by atoms with Crippen molar-refractivity contribution in [3.8, 4) is 0 Å². The van der Waals surface area contributed by atoms with E-state index in [1.54, 1.807) is 0 Å². The number of aryl methyl sites for hydroxylation is 1. The first-order chi connectivity index (χ1) is 11.6. The summed E-state index contributed by atoms with van der Waals surface area (Å²) in [6.07, 6.45) is 3.03. The van der Waals surface area contributed by atoms with E-state index >= 15 is 0 Å². The van der Waals surface area contributed by atoms with Crippen LogP contribution in [0.25, 0.3) is 0 Å². The van der Waals surface area contributed by atoms with Crippen molar-refractivity contribution in [2.24, 2.45) is 12.0 Å². The molecule has 2 aromatic heterocycles. The third-order valence-electron chi connectivity index (χ3n) is 5.46. The number of hydrogen-bond donors (Lipinski definition) is 0. The second kappa shape index (κ2) is 5.96. The topological polar surface area (TPSA) is 33.4 Å². The molecule has 1 saturated heterocycles. The van der Waals surface area contributed by atoms with Crippen molar-refractivity contribution in [2.75, 3.05) is 5.75 Å². The van der Waals surface area contributed by atoms with Crippen LogP contribution < -0.4 is 0 Å². The van der Waals surface area contributed by atoms with Crippen molar-refractivity contribution in [3.05, 3.63) is 53.1 Å². The van der Waals surface area contributed by atoms with Gasteiger partial charge in [0.2, 0.25) is 0 Å². The van der Waals surface area contributed by atoms with Gasteiger partial charge < -0.3 is 9.47 Å². The van der Waals surface area contributed by atoms with Crippen molar-refractivity contribution in [3.63, 3.8) is 0 Å². The van der Waals surface area contributed by atoms with Gasteiger partial charge in [-0.3, -0.25) is 9.98 Å². The van der Waals surface area contributed by atoms with Gasteiger partial charge in [-0.25, -0.2) is 0 Å². The Bertz CT molecular complexity index is 780. The lowest BCUT2D eigenvalue weighted by molar-refractivity contribution is 0.254. The van der Waals surface area contributed by atoms with E-state index in [4.69, 9.17) is 4.99 Å². The third kappa shape index (κ3) is 2.29. The number of nitrogens with zero attached hydrogens (tertiary/aromatic N) is 4. The lowest BCUT2D eigenvalue weighted by atomic mass is 9.95. The first-order valence-electron chi connectivity index (χ1n) is 8.64. The Kier molecular flexibility index (Phi) is 3.91. The van der Waals surface area contributed by atoms with Gasteiger partial charge in [0.1, 0.15) is 6.04 Å². The molecule has 3 atom stereocenters. The van der Waals surface area contributed by atoms with Gasteiger partial charge in [-0.1, -0.05) is 24.8 Å². The highest BCUT2D eigenvalue weighted by Crippen LogP contribution is 2.49. The van der Waals surface area contributed by atoms with Gasteiger partial charge >= 0.3 is 0 Å². The molecule has 0 N–H and O–H groups in total. The summed E-state index contributed by atoms with van der Waals surface area (Å²) in [5.74, 6) is 1.14. The molecule has 4 nitrogen and oxygen atoms in total. The highest BCUT2D eigenvalue weighted by Gasteiger charge is 2.46. The van der Waals surface area contributed by atoms with E-state index in [9.17, 15) is 0 Å². The fourth-order valence-electron chi connectivity index (χ4n) is 3.87. The summed E-state index contributed by atoms with van der Waals surface area (Å²) in [4.78, 5) is 12.3. The molecule has 0 aliphatic carbocycles. The van der Waals surface area contributed by atoms with Crippen LogP contribution in [0.2, 0.25) is 0 Å². The lowest BCUT2D eigenvalue weighted by Gasteiger charge is -2.31. The minimum Gasteiger partial charge on any atom is -0.352 e. The molecule has 2 aliphatic rings. The number of thioether (sulfide) groups is 1. The van der Waals surface area contributed by atoms with E-state index in [0.29, 0.717) is 6.04 Å². The molecular weight excluding hydrogens is 316 g/mol. The Labute approximate surface area is 148 Å². The Morgan fingerprint density at radius 3 is 2.75 bits per heavy atom. The molecule has 0 spiro atoms. The second-order valence-electron chi connectivity index (χ2n) is 6.72. The van der Waals surface area contributed by atoms with Crippen LogP contribution in [0, 0.1) is 13.8 Å². The molecule has 0 aromatic carbocycles. The monoisotopic (exact) mass is 340 g/mol. The first kappa shape index (κ1) is 15.8. The number of fused-ring (bicyclic) bond motifs is 1. The van der Waals surface area contributed by atoms with Crippen LogP contribution in [0.4, 0.5) is 0 Å². The van der Waals surface area contributed by atoms with Gasteiger partial charge in [-0.15, -0.1) is 0 Å². The molecule has 24 heavy (non-hydrogen) atoms. The summed E-state index contributed by atoms with van der Waals surface area (Å²) in [5.41, 5.74) is 5.10. The zero-order chi connectivity index (χ0) is 16.8. The summed E-state index contributed by atoms with van der Waals surface area (Å²) >= 11 is 1.90. The van der Waals surface area contributed by atoms with E-state index in [0.717, 1.165) is 17.9 Å². The highest BCUT2D eigenvalue weighted by atomic mass is 32.2. The molecule has 4 heterocycles. The zero-order valence-corrected chi connectivity index (χ0v) is 15.5. The number of amidine groups is 1. The van der Waals surface area contributed by atoms with Gasteiger partial charge in [-0.05, 0) is 44.0 Å². The van der Waals surface area contributed by atoms with Crippen LogP contribution in [-0.4, -0.2) is 31.4 Å². The average molecular weight is 340 g/mol. The first-order valence-corrected chi connectivity index (χ1v) is 9.63. The van der Waals surface area contributed by atoms with Gasteiger partial charge in [0.15, 0.2) is 5.17 Å². The molecule has 2 aliphatic heterocycles. The minimum absolute atomic E-state index is 0.0866. The van der Waals surface area contributed by atoms with Crippen LogP contribution in [-0.2, 0) is 7.05 Å². The summed E-state index contributed by atoms with van der Waals surface area (Å²) in [6.45, 7) is 6.68. The van der Waals surface area contributed by atoms with Crippen LogP contribution in [0.1, 0.15) is 48.1 Å². The SMILES string of the molecule is CCC1CSC2=NC(c3ccccn3)C(c3cc(C)n(C)c3C)N21. The van der Waals surface area contributed by atoms with Crippen LogP contribution in [0.3, 0.4) is 0 Å². The summed E-state index contributed by atoms with van der Waals surface area (Å²) in [7, 11) is 2.15. The summed E-state index contributed by atoms with van der Waals surface area (Å²) < 4.78 is 2.28. The molecular formula is C19H24N4S. The van der Waals surface area contributed by atoms with Gasteiger partial charge in [0.25, 0.3) is 0 Å². The van der Waals surface area contributed by atoms with E-state index in [1.165, 1.54) is 22.1 Å². The summed E-state index contributed by atoms with van der Waals surface area (Å²) in [6, 6.07) is 9.40. The third-order valence-corrected chi connectivity index (χ3v) is 6.59. The predicted octanol–water partition coefficient (Wildman–Crippen LogP) is 4.02. The second-order valence-corrected chi connectivity index (χ2v) is 7.71. The quantitative estimate of drug-likeness (QED) is 0.846. The van der Waals surface area contributed by atoms with Gasteiger partial charge in [0.05, 0.1) is 11.7 Å². The molecule has 4 rings (SSSR count). The zero-order valence-electron chi connectivity index (χ0n) is 14.7. The predicted molar refractivity (Wildman–Crippen MR) is 100 cm³/mol. The molecule has 0 amide bonds. The molecule has 0 saturated carbocycles. The van der Waals surface area contributed by atoms with E-state index in [2.05, 4.69) is 60.5 Å². The normalized spacial score (nSPS) is 25.9. The van der Waals surface area contributed by atoms with Gasteiger partial charge in [0, 0.05) is 36.4 Å². The van der Waals surface area contributed by atoms with Crippen LogP contribution in [0.5, 0.6) is 0 Å². The smallest absolute Gasteiger partial charge is 0.160 e. The molecule has 1 fully saturated rings. The van der Waals surface area contributed by atoms with E-state index in [-0.39, 0.29) is 12.1 Å². The Hall–Kier alpha value is -1.75. The number of hydrogen-bond acceptors (Lipinski definition) is 4. The van der Waals surface area contributed by atoms with Gasteiger partial charge in [-0.2, -0.15) is 0 Å². The standard InChI is InChI=1S/C19H24N4S/c1-5-14-11-24-19-21-17(16-8-6-7-9-20-16)18(23(14)19)15-10-12(2)22(4)13(15)3/h6-10,14,17-18H,5,11H2,1-4H3. The Morgan fingerprint density at radius 2 is 2.12 bits per heavy atom. The van der Waals surface area contributed by atoms with Crippen LogP contribution >= 0.6 is 11.8 Å². The van der Waals surface area contributed by atoms with Crippen LogP contribution in [0.15, 0.2) is 35.5 Å². The average Bonchev–Trinajstić information content (AvgIpc) is 3.24. The van der Waals surface area contributed by atoms with Crippen molar-refractivity contribution in [1.29, 1.82) is 0 Å². The summed E-state index contributed by atoms with van der Waals surface area (Å²) in [5, 5.41) is 1.20. The molecule has 3 unspecified atom stereocenters. The Balaban J connectivity index is 1.84. The van der Waals surface area contributed by atoms with E-state index < -0.39 is 0 Å². The maximum atomic E-state index is 5.09. The Morgan fingerprint density at radius 1 is 1.29 bits per heavy atom. The van der Waals surface area contributed by atoms with Crippen molar-refractivity contribution in [1.82, 2.24) is 14.5 Å². The fraction of sp³-hybridized carbons (Fsp3) is 0.474. The lowest BCUT2D eigenvalue weighted by Crippen LogP contribution is -2.35. The molecule has 0 bridgehead atoms. The number of rotatable bonds is 3. The number of pyridine rings is 1. The van der Waals surface area contributed by atoms with Crippen molar-refractivity contribution >= 4 is 16.9 Å².